The lowest BCUT2D eigenvalue weighted by Crippen LogP contribution is -2.02. The SMILES string of the molecule is CC(=O)c1ccccc1-n1cc(O)c2c(Cl)cccc21. The topological polar surface area (TPSA) is 42.2 Å². The molecule has 3 nitrogen and oxygen atoms in total. The van der Waals surface area contributed by atoms with E-state index in [0.717, 1.165) is 11.2 Å². The number of rotatable bonds is 2. The van der Waals surface area contributed by atoms with E-state index in [1.54, 1.807) is 22.9 Å². The smallest absolute Gasteiger partial charge is 0.161 e. The molecule has 0 radical (unpaired) electrons. The zero-order valence-corrected chi connectivity index (χ0v) is 11.6. The molecule has 2 aromatic carbocycles. The Morgan fingerprint density at radius 2 is 1.90 bits per heavy atom. The van der Waals surface area contributed by atoms with Crippen molar-refractivity contribution in [3.63, 3.8) is 0 Å². The molecular formula is C16H12ClNO2. The first-order valence-electron chi connectivity index (χ1n) is 6.18. The molecule has 3 aromatic rings. The van der Waals surface area contributed by atoms with Crippen LogP contribution in [0.2, 0.25) is 5.02 Å². The Kier molecular flexibility index (Phi) is 2.99. The number of carbonyl (C=O) groups excluding carboxylic acids is 1. The fourth-order valence-corrected chi connectivity index (χ4v) is 2.67. The Morgan fingerprint density at radius 3 is 2.65 bits per heavy atom. The van der Waals surface area contributed by atoms with E-state index in [1.807, 2.05) is 30.3 Å². The number of carbonyl (C=O) groups is 1. The van der Waals surface area contributed by atoms with E-state index in [4.69, 9.17) is 11.6 Å². The number of Topliss-reactive ketones (excluding diaryl/α,β-unsaturated/α-hetero) is 1. The van der Waals surface area contributed by atoms with E-state index in [-0.39, 0.29) is 11.5 Å². The van der Waals surface area contributed by atoms with Crippen LogP contribution in [0.25, 0.3) is 16.6 Å². The number of aromatic hydroxyl groups is 1. The number of hydrogen-bond donors (Lipinski definition) is 1. The number of aromatic nitrogens is 1. The Balaban J connectivity index is 2.37. The van der Waals surface area contributed by atoms with Gasteiger partial charge in [0.2, 0.25) is 0 Å². The molecule has 1 N–H and O–H groups in total. The lowest BCUT2D eigenvalue weighted by molar-refractivity contribution is 0.101. The highest BCUT2D eigenvalue weighted by Crippen LogP contribution is 2.35. The van der Waals surface area contributed by atoms with Crippen molar-refractivity contribution in [3.05, 3.63) is 59.2 Å². The van der Waals surface area contributed by atoms with Gasteiger partial charge in [0, 0.05) is 5.56 Å². The maximum absolute atomic E-state index is 11.7. The summed E-state index contributed by atoms with van der Waals surface area (Å²) in [5, 5.41) is 11.1. The largest absolute Gasteiger partial charge is 0.506 e. The van der Waals surface area contributed by atoms with Crippen LogP contribution >= 0.6 is 11.6 Å². The average molecular weight is 286 g/mol. The normalized spacial score (nSPS) is 10.9. The molecule has 0 amide bonds. The van der Waals surface area contributed by atoms with Crippen LogP contribution in [0.3, 0.4) is 0 Å². The van der Waals surface area contributed by atoms with Crippen molar-refractivity contribution in [2.75, 3.05) is 0 Å². The van der Waals surface area contributed by atoms with Crippen molar-refractivity contribution in [3.8, 4) is 11.4 Å². The van der Waals surface area contributed by atoms with Crippen molar-refractivity contribution >= 4 is 28.3 Å². The summed E-state index contributed by atoms with van der Waals surface area (Å²) >= 11 is 6.13. The molecular weight excluding hydrogens is 274 g/mol. The number of halogens is 1. The van der Waals surface area contributed by atoms with Crippen LogP contribution in [0.4, 0.5) is 0 Å². The van der Waals surface area contributed by atoms with Gasteiger partial charge in [-0.25, -0.2) is 0 Å². The molecule has 1 aromatic heterocycles. The summed E-state index contributed by atoms with van der Waals surface area (Å²) in [6.07, 6.45) is 1.58. The molecule has 4 heteroatoms. The van der Waals surface area contributed by atoms with Gasteiger partial charge in [0.15, 0.2) is 5.78 Å². The first-order valence-corrected chi connectivity index (χ1v) is 6.56. The maximum Gasteiger partial charge on any atom is 0.161 e. The van der Waals surface area contributed by atoms with Crippen LogP contribution in [0.5, 0.6) is 5.75 Å². The summed E-state index contributed by atoms with van der Waals surface area (Å²) in [5.41, 5.74) is 2.10. The Labute approximate surface area is 121 Å². The van der Waals surface area contributed by atoms with Gasteiger partial charge in [-0.1, -0.05) is 29.8 Å². The third kappa shape index (κ3) is 1.87. The van der Waals surface area contributed by atoms with Gasteiger partial charge >= 0.3 is 0 Å². The molecule has 100 valence electrons. The number of nitrogens with zero attached hydrogens (tertiary/aromatic N) is 1. The second-order valence-corrected chi connectivity index (χ2v) is 5.00. The lowest BCUT2D eigenvalue weighted by atomic mass is 10.1. The van der Waals surface area contributed by atoms with Gasteiger partial charge in [-0.2, -0.15) is 0 Å². The number of ketones is 1. The van der Waals surface area contributed by atoms with Gasteiger partial charge in [-0.3, -0.25) is 4.79 Å². The Hall–Kier alpha value is -2.26. The average Bonchev–Trinajstić information content (AvgIpc) is 2.77. The van der Waals surface area contributed by atoms with Crippen LogP contribution in [0.15, 0.2) is 48.7 Å². The molecule has 0 fully saturated rings. The van der Waals surface area contributed by atoms with Gasteiger partial charge in [0.05, 0.1) is 27.8 Å². The monoisotopic (exact) mass is 285 g/mol. The molecule has 0 aliphatic carbocycles. The quantitative estimate of drug-likeness (QED) is 0.717. The van der Waals surface area contributed by atoms with Gasteiger partial charge in [0.25, 0.3) is 0 Å². The van der Waals surface area contributed by atoms with Gasteiger partial charge in [-0.15, -0.1) is 0 Å². The van der Waals surface area contributed by atoms with E-state index >= 15 is 0 Å². The predicted octanol–water partition coefficient (Wildman–Crippen LogP) is 4.19. The first kappa shape index (κ1) is 12.8. The summed E-state index contributed by atoms with van der Waals surface area (Å²) in [6.45, 7) is 1.53. The number of fused-ring (bicyclic) bond motifs is 1. The molecule has 0 aliphatic heterocycles. The van der Waals surface area contributed by atoms with E-state index in [9.17, 15) is 9.90 Å². The molecule has 0 bridgehead atoms. The summed E-state index contributed by atoms with van der Waals surface area (Å²) < 4.78 is 1.78. The highest BCUT2D eigenvalue weighted by Gasteiger charge is 2.15. The highest BCUT2D eigenvalue weighted by molar-refractivity contribution is 6.36. The summed E-state index contributed by atoms with van der Waals surface area (Å²) in [5.74, 6) is 0.0768. The summed E-state index contributed by atoms with van der Waals surface area (Å²) in [6, 6.07) is 12.7. The molecule has 20 heavy (non-hydrogen) atoms. The molecule has 0 aliphatic rings. The van der Waals surface area contributed by atoms with E-state index in [2.05, 4.69) is 0 Å². The molecule has 0 atom stereocenters. The molecule has 3 rings (SSSR count). The van der Waals surface area contributed by atoms with Crippen molar-refractivity contribution in [2.24, 2.45) is 0 Å². The zero-order chi connectivity index (χ0) is 14.3. The summed E-state index contributed by atoms with van der Waals surface area (Å²) in [7, 11) is 0. The number of hydrogen-bond acceptors (Lipinski definition) is 2. The standard InChI is InChI=1S/C16H12ClNO2/c1-10(19)11-5-2-3-7-13(11)18-9-15(20)16-12(17)6-4-8-14(16)18/h2-9,20H,1H3. The van der Waals surface area contributed by atoms with Crippen LogP contribution in [-0.4, -0.2) is 15.5 Å². The second-order valence-electron chi connectivity index (χ2n) is 4.59. The number of benzene rings is 2. The van der Waals surface area contributed by atoms with Gasteiger partial charge < -0.3 is 9.67 Å². The van der Waals surface area contributed by atoms with Crippen LogP contribution in [0.1, 0.15) is 17.3 Å². The van der Waals surface area contributed by atoms with E-state index < -0.39 is 0 Å². The minimum absolute atomic E-state index is 0.0241. The van der Waals surface area contributed by atoms with Gasteiger partial charge in [0.1, 0.15) is 5.75 Å². The fraction of sp³-hybridized carbons (Fsp3) is 0.0625. The minimum atomic E-state index is -0.0241. The maximum atomic E-state index is 11.7. The minimum Gasteiger partial charge on any atom is -0.506 e. The van der Waals surface area contributed by atoms with E-state index in [1.165, 1.54) is 6.92 Å². The van der Waals surface area contributed by atoms with Crippen LogP contribution < -0.4 is 0 Å². The third-order valence-electron chi connectivity index (χ3n) is 3.30. The van der Waals surface area contributed by atoms with Crippen molar-refractivity contribution < 1.29 is 9.90 Å². The third-order valence-corrected chi connectivity index (χ3v) is 3.62. The van der Waals surface area contributed by atoms with Crippen molar-refractivity contribution in [1.29, 1.82) is 0 Å². The van der Waals surface area contributed by atoms with E-state index in [0.29, 0.717) is 16.0 Å². The predicted molar refractivity (Wildman–Crippen MR) is 80.0 cm³/mol. The van der Waals surface area contributed by atoms with Crippen LogP contribution in [0, 0.1) is 0 Å². The first-order chi connectivity index (χ1) is 9.59. The summed E-state index contributed by atoms with van der Waals surface area (Å²) in [4.78, 5) is 11.7. The molecule has 1 heterocycles. The fourth-order valence-electron chi connectivity index (χ4n) is 2.40. The highest BCUT2D eigenvalue weighted by atomic mass is 35.5. The molecule has 0 saturated carbocycles. The lowest BCUT2D eigenvalue weighted by Gasteiger charge is -2.09. The molecule has 0 spiro atoms. The second kappa shape index (κ2) is 4.69. The molecule has 0 saturated heterocycles. The molecule has 0 unspecified atom stereocenters. The van der Waals surface area contributed by atoms with Crippen molar-refractivity contribution in [2.45, 2.75) is 6.92 Å². The Morgan fingerprint density at radius 1 is 1.15 bits per heavy atom. The van der Waals surface area contributed by atoms with Crippen LogP contribution in [-0.2, 0) is 0 Å². The van der Waals surface area contributed by atoms with Crippen molar-refractivity contribution in [1.82, 2.24) is 4.57 Å². The number of para-hydroxylation sites is 1. The van der Waals surface area contributed by atoms with Gasteiger partial charge in [-0.05, 0) is 31.2 Å². The Bertz CT molecular complexity index is 820. The zero-order valence-electron chi connectivity index (χ0n) is 10.8.